The molecule has 1 aliphatic rings. The van der Waals surface area contributed by atoms with E-state index < -0.39 is 17.6 Å². The summed E-state index contributed by atoms with van der Waals surface area (Å²) in [5, 5.41) is 5.81. The maximum absolute atomic E-state index is 13.2. The van der Waals surface area contributed by atoms with Gasteiger partial charge in [-0.1, -0.05) is 11.6 Å². The van der Waals surface area contributed by atoms with E-state index in [2.05, 4.69) is 15.6 Å². The number of carbonyl (C=O) groups excluding carboxylic acids is 3. The Morgan fingerprint density at radius 3 is 2.28 bits per heavy atom. The van der Waals surface area contributed by atoms with Gasteiger partial charge in [0.1, 0.15) is 16.5 Å². The molecular weight excluding hydrogens is 455 g/mol. The van der Waals surface area contributed by atoms with E-state index in [0.717, 1.165) is 27.6 Å². The molecule has 4 rings (SSSR count). The average molecular weight is 471 g/mol. The van der Waals surface area contributed by atoms with Crippen molar-refractivity contribution in [3.8, 4) is 0 Å². The number of nitrogens with one attached hydrogen (secondary N) is 2. The van der Waals surface area contributed by atoms with E-state index >= 15 is 0 Å². The first-order chi connectivity index (χ1) is 15.2. The van der Waals surface area contributed by atoms with E-state index in [1.165, 1.54) is 23.5 Å². The van der Waals surface area contributed by atoms with Crippen LogP contribution in [0.1, 0.15) is 20.9 Å². The lowest BCUT2D eigenvalue weighted by atomic mass is 10.2. The van der Waals surface area contributed by atoms with Crippen molar-refractivity contribution >= 4 is 57.2 Å². The predicted octanol–water partition coefficient (Wildman–Crippen LogP) is 4.59. The summed E-state index contributed by atoms with van der Waals surface area (Å²) in [5.41, 5.74) is 1.81. The molecule has 10 heteroatoms. The van der Waals surface area contributed by atoms with E-state index in [9.17, 15) is 18.8 Å². The molecular formula is C22H16ClFN4O3S. The third kappa shape index (κ3) is 4.12. The molecule has 0 saturated heterocycles. The van der Waals surface area contributed by atoms with Gasteiger partial charge in [0.15, 0.2) is 5.13 Å². The minimum absolute atomic E-state index is 0.105. The number of amides is 3. The lowest BCUT2D eigenvalue weighted by Crippen LogP contribution is -2.32. The van der Waals surface area contributed by atoms with Crippen LogP contribution in [0.25, 0.3) is 0 Å². The monoisotopic (exact) mass is 470 g/mol. The Balaban J connectivity index is 1.48. The minimum atomic E-state index is -0.712. The minimum Gasteiger partial charge on any atom is -0.350 e. The molecule has 0 unspecified atom stereocenters. The van der Waals surface area contributed by atoms with Crippen LogP contribution in [0, 0.1) is 19.7 Å². The summed E-state index contributed by atoms with van der Waals surface area (Å²) in [6, 6.07) is 11.2. The molecule has 1 aromatic heterocycles. The molecule has 0 spiro atoms. The first-order valence-electron chi connectivity index (χ1n) is 9.41. The zero-order chi connectivity index (χ0) is 23.0. The molecule has 0 bridgehead atoms. The highest BCUT2D eigenvalue weighted by Gasteiger charge is 2.38. The van der Waals surface area contributed by atoms with Gasteiger partial charge in [-0.3, -0.25) is 19.7 Å². The van der Waals surface area contributed by atoms with E-state index in [1.54, 1.807) is 24.3 Å². The van der Waals surface area contributed by atoms with Crippen molar-refractivity contribution in [3.05, 3.63) is 81.2 Å². The van der Waals surface area contributed by atoms with Gasteiger partial charge in [0.05, 0.1) is 11.4 Å². The van der Waals surface area contributed by atoms with E-state index in [4.69, 9.17) is 11.6 Å². The maximum Gasteiger partial charge on any atom is 0.283 e. The Bertz CT molecular complexity index is 1250. The highest BCUT2D eigenvalue weighted by atomic mass is 35.5. The highest BCUT2D eigenvalue weighted by Crippen LogP contribution is 2.30. The third-order valence-corrected chi connectivity index (χ3v) is 6.12. The molecule has 0 atom stereocenters. The summed E-state index contributed by atoms with van der Waals surface area (Å²) in [5.74, 6) is -2.19. The number of anilines is 3. The SMILES string of the molecule is Cc1nc(NC(=O)c2ccc(NC3=C(Cl)C(=O)N(c4ccc(F)cc4)C3=O)cc2)sc1C. The number of carbonyl (C=O) groups is 3. The molecule has 1 aliphatic heterocycles. The standard InChI is InChI=1S/C22H16ClFN4O3S/c1-11-12(2)32-22(25-11)27-19(29)13-3-7-15(8-4-13)26-18-17(23)20(30)28(21(18)31)16-9-5-14(24)6-10-16/h3-10,26H,1-2H3,(H,25,27,29). The van der Waals surface area contributed by atoms with Crippen LogP contribution in [0.2, 0.25) is 0 Å². The number of halogens is 2. The molecule has 162 valence electrons. The number of rotatable bonds is 5. The fourth-order valence-corrected chi connectivity index (χ4v) is 4.00. The second kappa shape index (κ2) is 8.52. The zero-order valence-electron chi connectivity index (χ0n) is 16.9. The first kappa shape index (κ1) is 21.7. The number of thiazole rings is 1. The molecule has 2 N–H and O–H groups in total. The molecule has 32 heavy (non-hydrogen) atoms. The molecule has 0 radical (unpaired) electrons. The summed E-state index contributed by atoms with van der Waals surface area (Å²) < 4.78 is 13.2. The van der Waals surface area contributed by atoms with E-state index in [-0.39, 0.29) is 22.3 Å². The van der Waals surface area contributed by atoms with Crippen molar-refractivity contribution in [2.75, 3.05) is 15.5 Å². The van der Waals surface area contributed by atoms with Gasteiger partial charge in [0.2, 0.25) is 0 Å². The van der Waals surface area contributed by atoms with Gasteiger partial charge in [-0.2, -0.15) is 0 Å². The Labute approximate surface area is 191 Å². The average Bonchev–Trinajstić information content (AvgIpc) is 3.19. The predicted molar refractivity (Wildman–Crippen MR) is 121 cm³/mol. The number of hydrogen-bond donors (Lipinski definition) is 2. The lowest BCUT2D eigenvalue weighted by Gasteiger charge is -2.15. The summed E-state index contributed by atoms with van der Waals surface area (Å²) in [7, 11) is 0. The van der Waals surface area contributed by atoms with Gasteiger partial charge in [0, 0.05) is 16.1 Å². The molecule has 0 aliphatic carbocycles. The summed E-state index contributed by atoms with van der Waals surface area (Å²) in [6.45, 7) is 3.79. The quantitative estimate of drug-likeness (QED) is 0.532. The third-order valence-electron chi connectivity index (χ3n) is 4.78. The fraction of sp³-hybridized carbons (Fsp3) is 0.0909. The number of hydrogen-bond acceptors (Lipinski definition) is 6. The molecule has 2 heterocycles. The van der Waals surface area contributed by atoms with Crippen molar-refractivity contribution in [2.45, 2.75) is 13.8 Å². The first-order valence-corrected chi connectivity index (χ1v) is 10.6. The Kier molecular flexibility index (Phi) is 5.77. The van der Waals surface area contributed by atoms with Crippen molar-refractivity contribution in [1.29, 1.82) is 0 Å². The van der Waals surface area contributed by atoms with Gasteiger partial charge in [-0.05, 0) is 62.4 Å². The van der Waals surface area contributed by atoms with Gasteiger partial charge in [-0.15, -0.1) is 11.3 Å². The Hall–Kier alpha value is -3.56. The topological polar surface area (TPSA) is 91.4 Å². The van der Waals surface area contributed by atoms with Crippen molar-refractivity contribution in [1.82, 2.24) is 4.98 Å². The second-order valence-electron chi connectivity index (χ2n) is 6.93. The van der Waals surface area contributed by atoms with Crippen LogP contribution >= 0.6 is 22.9 Å². The van der Waals surface area contributed by atoms with Gasteiger partial charge >= 0.3 is 0 Å². The van der Waals surface area contributed by atoms with Crippen molar-refractivity contribution in [3.63, 3.8) is 0 Å². The largest absolute Gasteiger partial charge is 0.350 e. The van der Waals surface area contributed by atoms with Crippen LogP contribution in [0.4, 0.5) is 20.9 Å². The van der Waals surface area contributed by atoms with Crippen LogP contribution in [-0.2, 0) is 9.59 Å². The number of aryl methyl sites for hydroxylation is 2. The van der Waals surface area contributed by atoms with Crippen molar-refractivity contribution < 1.29 is 18.8 Å². The summed E-state index contributed by atoms with van der Waals surface area (Å²) in [4.78, 5) is 43.8. The number of nitrogens with zero attached hydrogens (tertiary/aromatic N) is 2. The highest BCUT2D eigenvalue weighted by molar-refractivity contribution is 7.15. The van der Waals surface area contributed by atoms with Crippen LogP contribution < -0.4 is 15.5 Å². The van der Waals surface area contributed by atoms with Crippen molar-refractivity contribution in [2.24, 2.45) is 0 Å². The number of benzene rings is 2. The van der Waals surface area contributed by atoms with Gasteiger partial charge in [-0.25, -0.2) is 14.3 Å². The fourth-order valence-electron chi connectivity index (χ4n) is 2.98. The van der Waals surface area contributed by atoms with Crippen LogP contribution in [0.3, 0.4) is 0 Å². The Morgan fingerprint density at radius 2 is 1.69 bits per heavy atom. The van der Waals surface area contributed by atoms with E-state index in [0.29, 0.717) is 16.4 Å². The summed E-state index contributed by atoms with van der Waals surface area (Å²) in [6.07, 6.45) is 0. The van der Waals surface area contributed by atoms with Gasteiger partial charge < -0.3 is 5.32 Å². The Morgan fingerprint density at radius 1 is 1.03 bits per heavy atom. The van der Waals surface area contributed by atoms with Crippen LogP contribution in [0.5, 0.6) is 0 Å². The second-order valence-corrected chi connectivity index (χ2v) is 8.51. The normalized spacial score (nSPS) is 13.7. The molecule has 2 aromatic carbocycles. The van der Waals surface area contributed by atoms with Crippen LogP contribution in [0.15, 0.2) is 59.3 Å². The molecule has 3 amide bonds. The smallest absolute Gasteiger partial charge is 0.283 e. The maximum atomic E-state index is 13.2. The molecule has 0 saturated carbocycles. The lowest BCUT2D eigenvalue weighted by molar-refractivity contribution is -0.120. The number of imide groups is 1. The molecule has 3 aromatic rings. The van der Waals surface area contributed by atoms with E-state index in [1.807, 2.05) is 13.8 Å². The molecule has 7 nitrogen and oxygen atoms in total. The summed E-state index contributed by atoms with van der Waals surface area (Å²) >= 11 is 7.49. The molecule has 0 fully saturated rings. The van der Waals surface area contributed by atoms with Gasteiger partial charge in [0.25, 0.3) is 17.7 Å². The van der Waals surface area contributed by atoms with Crippen LogP contribution in [-0.4, -0.2) is 22.7 Å². The number of aromatic nitrogens is 1. The zero-order valence-corrected chi connectivity index (χ0v) is 18.5.